The van der Waals surface area contributed by atoms with E-state index in [1.54, 1.807) is 0 Å². The summed E-state index contributed by atoms with van der Waals surface area (Å²) in [6.45, 7) is 4.15. The van der Waals surface area contributed by atoms with Gasteiger partial charge >= 0.3 is 0 Å². The monoisotopic (exact) mass is 281 g/mol. The van der Waals surface area contributed by atoms with Crippen molar-refractivity contribution in [2.45, 2.75) is 25.4 Å². The van der Waals surface area contributed by atoms with Crippen molar-refractivity contribution < 1.29 is 4.79 Å². The lowest BCUT2D eigenvalue weighted by atomic mass is 9.99. The molecule has 2 atom stereocenters. The van der Waals surface area contributed by atoms with Gasteiger partial charge in [-0.15, -0.1) is 0 Å². The van der Waals surface area contributed by atoms with Crippen LogP contribution in [-0.4, -0.2) is 36.5 Å². The van der Waals surface area contributed by atoms with Gasteiger partial charge in [-0.2, -0.15) is 0 Å². The summed E-state index contributed by atoms with van der Waals surface area (Å²) in [4.78, 5) is 13.7. The highest BCUT2D eigenvalue weighted by Crippen LogP contribution is 2.29. The van der Waals surface area contributed by atoms with Crippen LogP contribution in [-0.2, 0) is 4.79 Å². The van der Waals surface area contributed by atoms with Crippen molar-refractivity contribution >= 4 is 17.5 Å². The summed E-state index contributed by atoms with van der Waals surface area (Å²) < 4.78 is 0. The van der Waals surface area contributed by atoms with Crippen molar-refractivity contribution in [2.24, 2.45) is 5.73 Å². The van der Waals surface area contributed by atoms with E-state index < -0.39 is 0 Å². The number of carbonyl (C=O) groups is 1. The predicted octanol–water partition coefficient (Wildman–Crippen LogP) is 1.55. The van der Waals surface area contributed by atoms with Crippen molar-refractivity contribution in [3.8, 4) is 0 Å². The van der Waals surface area contributed by atoms with Gasteiger partial charge in [0.1, 0.15) is 0 Å². The second-order valence-corrected chi connectivity index (χ2v) is 5.37. The zero-order valence-corrected chi connectivity index (χ0v) is 11.9. The normalized spacial score (nSPS) is 20.5. The standard InChI is InChI=1S/C14H20ClN3O/c1-10(16)14(11-4-2-3-5-12(11)15)18-8-6-13(19)17-7-9-18/h2-5,10,14H,6-9,16H2,1H3,(H,17,19). The Labute approximate surface area is 118 Å². The molecule has 1 aromatic rings. The topological polar surface area (TPSA) is 58.4 Å². The van der Waals surface area contributed by atoms with Crippen LogP contribution in [0.15, 0.2) is 24.3 Å². The second kappa shape index (κ2) is 6.37. The minimum absolute atomic E-state index is 0.0430. The van der Waals surface area contributed by atoms with Crippen LogP contribution in [0.4, 0.5) is 0 Å². The van der Waals surface area contributed by atoms with E-state index in [4.69, 9.17) is 17.3 Å². The molecule has 0 aromatic heterocycles. The van der Waals surface area contributed by atoms with E-state index in [2.05, 4.69) is 10.2 Å². The molecule has 0 radical (unpaired) electrons. The molecule has 1 aliphatic rings. The molecule has 1 amide bonds. The molecule has 1 aromatic carbocycles. The molecule has 0 spiro atoms. The van der Waals surface area contributed by atoms with Gasteiger partial charge in [-0.1, -0.05) is 29.8 Å². The quantitative estimate of drug-likeness (QED) is 0.884. The van der Waals surface area contributed by atoms with Crippen LogP contribution >= 0.6 is 11.6 Å². The van der Waals surface area contributed by atoms with Crippen LogP contribution in [0.1, 0.15) is 24.9 Å². The molecule has 1 saturated heterocycles. The maximum absolute atomic E-state index is 11.4. The Kier molecular flexibility index (Phi) is 4.80. The Bertz CT molecular complexity index is 450. The van der Waals surface area contributed by atoms with Crippen LogP contribution in [0.25, 0.3) is 0 Å². The van der Waals surface area contributed by atoms with Crippen LogP contribution in [0.2, 0.25) is 5.02 Å². The van der Waals surface area contributed by atoms with E-state index >= 15 is 0 Å². The highest BCUT2D eigenvalue weighted by atomic mass is 35.5. The molecular weight excluding hydrogens is 262 g/mol. The fraction of sp³-hybridized carbons (Fsp3) is 0.500. The smallest absolute Gasteiger partial charge is 0.221 e. The van der Waals surface area contributed by atoms with Crippen LogP contribution in [0, 0.1) is 0 Å². The molecule has 5 heteroatoms. The first kappa shape index (κ1) is 14.3. The molecular formula is C14H20ClN3O. The number of benzene rings is 1. The predicted molar refractivity (Wildman–Crippen MR) is 77.0 cm³/mol. The van der Waals surface area contributed by atoms with Crippen LogP contribution in [0.5, 0.6) is 0 Å². The molecule has 104 valence electrons. The minimum Gasteiger partial charge on any atom is -0.355 e. The summed E-state index contributed by atoms with van der Waals surface area (Å²) in [5, 5.41) is 3.61. The number of rotatable bonds is 3. The number of amides is 1. The van der Waals surface area contributed by atoms with E-state index in [0.29, 0.717) is 19.5 Å². The highest BCUT2D eigenvalue weighted by molar-refractivity contribution is 6.31. The summed E-state index contributed by atoms with van der Waals surface area (Å²) in [6.07, 6.45) is 0.508. The van der Waals surface area contributed by atoms with Gasteiger partial charge in [-0.05, 0) is 18.6 Å². The third kappa shape index (κ3) is 3.47. The first-order chi connectivity index (χ1) is 9.09. The van der Waals surface area contributed by atoms with Crippen molar-refractivity contribution in [3.63, 3.8) is 0 Å². The molecule has 0 bridgehead atoms. The Morgan fingerprint density at radius 1 is 1.37 bits per heavy atom. The molecule has 0 aliphatic carbocycles. The lowest BCUT2D eigenvalue weighted by Crippen LogP contribution is -2.41. The first-order valence-electron chi connectivity index (χ1n) is 6.60. The Morgan fingerprint density at radius 2 is 2.11 bits per heavy atom. The molecule has 1 fully saturated rings. The zero-order chi connectivity index (χ0) is 13.8. The SMILES string of the molecule is CC(N)C(c1ccccc1Cl)N1CCNC(=O)CC1. The molecule has 1 aliphatic heterocycles. The van der Waals surface area contributed by atoms with Crippen molar-refractivity contribution in [2.75, 3.05) is 19.6 Å². The third-order valence-electron chi connectivity index (χ3n) is 3.46. The number of nitrogens with zero attached hydrogens (tertiary/aromatic N) is 1. The van der Waals surface area contributed by atoms with Crippen molar-refractivity contribution in [1.82, 2.24) is 10.2 Å². The van der Waals surface area contributed by atoms with Crippen LogP contribution < -0.4 is 11.1 Å². The van der Waals surface area contributed by atoms with E-state index in [9.17, 15) is 4.79 Å². The van der Waals surface area contributed by atoms with Crippen LogP contribution in [0.3, 0.4) is 0 Å². The Morgan fingerprint density at radius 3 is 2.79 bits per heavy atom. The number of hydrogen-bond acceptors (Lipinski definition) is 3. The molecule has 4 nitrogen and oxygen atoms in total. The van der Waals surface area contributed by atoms with Crippen molar-refractivity contribution in [1.29, 1.82) is 0 Å². The average Bonchev–Trinajstić information content (AvgIpc) is 2.57. The number of nitrogens with one attached hydrogen (secondary N) is 1. The van der Waals surface area contributed by atoms with E-state index in [0.717, 1.165) is 17.1 Å². The molecule has 2 unspecified atom stereocenters. The first-order valence-corrected chi connectivity index (χ1v) is 6.98. The van der Waals surface area contributed by atoms with Gasteiger partial charge < -0.3 is 11.1 Å². The summed E-state index contributed by atoms with van der Waals surface area (Å²) in [6, 6.07) is 7.77. The number of halogens is 1. The maximum atomic E-state index is 11.4. The van der Waals surface area contributed by atoms with Gasteiger partial charge in [-0.25, -0.2) is 0 Å². The lowest BCUT2D eigenvalue weighted by molar-refractivity contribution is -0.120. The molecule has 1 heterocycles. The van der Waals surface area contributed by atoms with Crippen molar-refractivity contribution in [3.05, 3.63) is 34.9 Å². The van der Waals surface area contributed by atoms with Gasteiger partial charge in [0.15, 0.2) is 0 Å². The summed E-state index contributed by atoms with van der Waals surface area (Å²) in [7, 11) is 0. The fourth-order valence-electron chi connectivity index (χ4n) is 2.59. The van der Waals surface area contributed by atoms with Gasteiger partial charge in [0.25, 0.3) is 0 Å². The Balaban J connectivity index is 2.25. The molecule has 0 saturated carbocycles. The Hall–Kier alpha value is -1.10. The summed E-state index contributed by atoms with van der Waals surface area (Å²) >= 11 is 6.29. The van der Waals surface area contributed by atoms with E-state index in [1.807, 2.05) is 31.2 Å². The molecule has 2 rings (SSSR count). The largest absolute Gasteiger partial charge is 0.355 e. The molecule has 3 N–H and O–H groups in total. The van der Waals surface area contributed by atoms with Gasteiger partial charge in [0.2, 0.25) is 5.91 Å². The van der Waals surface area contributed by atoms with Gasteiger partial charge in [0.05, 0.1) is 6.04 Å². The number of hydrogen-bond donors (Lipinski definition) is 2. The molecule has 19 heavy (non-hydrogen) atoms. The summed E-state index contributed by atoms with van der Waals surface area (Å²) in [5.74, 6) is 0.102. The lowest BCUT2D eigenvalue weighted by Gasteiger charge is -2.33. The second-order valence-electron chi connectivity index (χ2n) is 4.96. The highest BCUT2D eigenvalue weighted by Gasteiger charge is 2.27. The average molecular weight is 282 g/mol. The summed E-state index contributed by atoms with van der Waals surface area (Å²) in [5.41, 5.74) is 7.18. The van der Waals surface area contributed by atoms with Gasteiger partial charge in [0, 0.05) is 37.1 Å². The third-order valence-corrected chi connectivity index (χ3v) is 3.81. The van der Waals surface area contributed by atoms with E-state index in [1.165, 1.54) is 0 Å². The van der Waals surface area contributed by atoms with Gasteiger partial charge in [-0.3, -0.25) is 9.69 Å². The number of nitrogens with two attached hydrogens (primary N) is 1. The fourth-order valence-corrected chi connectivity index (χ4v) is 2.84. The number of carbonyl (C=O) groups excluding carboxylic acids is 1. The maximum Gasteiger partial charge on any atom is 0.221 e. The minimum atomic E-state index is -0.0481. The van der Waals surface area contributed by atoms with E-state index in [-0.39, 0.29) is 18.0 Å². The zero-order valence-electron chi connectivity index (χ0n) is 11.1.